The van der Waals surface area contributed by atoms with Crippen LogP contribution in [0.3, 0.4) is 0 Å². The molecule has 0 aliphatic heterocycles. The number of hydrogen-bond acceptors (Lipinski definition) is 3. The summed E-state index contributed by atoms with van der Waals surface area (Å²) in [6, 6.07) is 3.19. The van der Waals surface area contributed by atoms with Gasteiger partial charge in [0.2, 0.25) is 0 Å². The maximum absolute atomic E-state index is 13.7. The monoisotopic (exact) mass is 316 g/mol. The van der Waals surface area contributed by atoms with Gasteiger partial charge in [0.15, 0.2) is 0 Å². The third-order valence-corrected chi connectivity index (χ3v) is 3.52. The van der Waals surface area contributed by atoms with E-state index in [2.05, 4.69) is 11.9 Å². The number of hydrogen-bond donors (Lipinski definition) is 3. The number of aryl methyl sites for hydroxylation is 2. The van der Waals surface area contributed by atoms with Crippen LogP contribution in [0.25, 0.3) is 5.70 Å². The van der Waals surface area contributed by atoms with Gasteiger partial charge in [0.05, 0.1) is 0 Å². The molecule has 0 radical (unpaired) electrons. The molecule has 0 amide bonds. The van der Waals surface area contributed by atoms with Crippen molar-refractivity contribution in [1.29, 1.82) is 5.41 Å². The van der Waals surface area contributed by atoms with Crippen LogP contribution < -0.4 is 5.32 Å². The Morgan fingerprint density at radius 2 is 2.00 bits per heavy atom. The van der Waals surface area contributed by atoms with Gasteiger partial charge < -0.3 is 15.8 Å². The Labute approximate surface area is 137 Å². The quantitative estimate of drug-likeness (QED) is 0.400. The first-order valence-corrected chi connectivity index (χ1v) is 7.53. The molecule has 1 unspecified atom stereocenters. The molecule has 1 rings (SSSR count). The molecule has 0 spiro atoms. The zero-order valence-electron chi connectivity index (χ0n) is 14.2. The molecule has 1 aromatic carbocycles. The van der Waals surface area contributed by atoms with E-state index in [9.17, 15) is 9.50 Å². The van der Waals surface area contributed by atoms with Gasteiger partial charge in [-0.3, -0.25) is 0 Å². The number of nitrogens with one attached hydrogen (secondary N) is 2. The van der Waals surface area contributed by atoms with E-state index in [1.54, 1.807) is 32.1 Å². The van der Waals surface area contributed by atoms with E-state index < -0.39 is 6.23 Å². The second-order valence-electron chi connectivity index (χ2n) is 5.64. The Bertz CT molecular complexity index is 660. The Morgan fingerprint density at radius 3 is 2.57 bits per heavy atom. The van der Waals surface area contributed by atoms with E-state index in [4.69, 9.17) is 5.41 Å². The van der Waals surface area contributed by atoms with E-state index >= 15 is 0 Å². The maximum atomic E-state index is 13.7. The molecule has 0 aromatic heterocycles. The molecule has 3 N–H and O–H groups in total. The van der Waals surface area contributed by atoms with Gasteiger partial charge in [-0.15, -0.1) is 0 Å². The zero-order valence-corrected chi connectivity index (χ0v) is 14.2. The van der Waals surface area contributed by atoms with Crippen molar-refractivity contribution >= 4 is 11.4 Å². The average Bonchev–Trinajstić information content (AvgIpc) is 2.46. The summed E-state index contributed by atoms with van der Waals surface area (Å²) < 4.78 is 13.7. The number of halogens is 1. The van der Waals surface area contributed by atoms with E-state index in [1.807, 2.05) is 19.9 Å². The van der Waals surface area contributed by atoms with E-state index in [1.165, 1.54) is 6.07 Å². The van der Waals surface area contributed by atoms with Crippen LogP contribution in [-0.2, 0) is 0 Å². The summed E-state index contributed by atoms with van der Waals surface area (Å²) in [5, 5.41) is 20.5. The molecule has 0 fully saturated rings. The van der Waals surface area contributed by atoms with Crippen molar-refractivity contribution in [2.45, 2.75) is 40.3 Å². The van der Waals surface area contributed by atoms with Crippen molar-refractivity contribution in [1.82, 2.24) is 5.32 Å². The minimum absolute atomic E-state index is 0.290. The van der Waals surface area contributed by atoms with Crippen molar-refractivity contribution in [3.8, 4) is 0 Å². The summed E-state index contributed by atoms with van der Waals surface area (Å²) in [4.78, 5) is 0. The minimum atomic E-state index is -0.840. The molecular formula is C19H25FN2O. The Morgan fingerprint density at radius 1 is 1.35 bits per heavy atom. The smallest absolute Gasteiger partial charge is 0.128 e. The SMILES string of the molecule is C=C(NC(O)CC(/C=C\C(C)=N)=C/C)c1cc(F)c(C)cc1C. The summed E-state index contributed by atoms with van der Waals surface area (Å²) >= 11 is 0. The van der Waals surface area contributed by atoms with Crippen LogP contribution in [0, 0.1) is 25.1 Å². The molecule has 1 aromatic rings. The van der Waals surface area contributed by atoms with Gasteiger partial charge in [0, 0.05) is 23.4 Å². The van der Waals surface area contributed by atoms with Crippen LogP contribution >= 0.6 is 0 Å². The van der Waals surface area contributed by atoms with E-state index in [0.717, 1.165) is 11.1 Å². The highest BCUT2D eigenvalue weighted by atomic mass is 19.1. The first-order chi connectivity index (χ1) is 10.7. The normalized spacial score (nSPS) is 13.2. The number of allylic oxidation sites excluding steroid dienone is 3. The van der Waals surface area contributed by atoms with Gasteiger partial charge >= 0.3 is 0 Å². The molecule has 4 heteroatoms. The second-order valence-corrected chi connectivity index (χ2v) is 5.64. The lowest BCUT2D eigenvalue weighted by Gasteiger charge is -2.18. The number of aliphatic hydroxyl groups is 1. The van der Waals surface area contributed by atoms with Crippen LogP contribution in [0.4, 0.5) is 4.39 Å². The molecule has 0 aliphatic carbocycles. The predicted octanol–water partition coefficient (Wildman–Crippen LogP) is 4.25. The molecule has 0 saturated carbocycles. The highest BCUT2D eigenvalue weighted by Gasteiger charge is 2.11. The average molecular weight is 316 g/mol. The van der Waals surface area contributed by atoms with Crippen molar-refractivity contribution < 1.29 is 9.50 Å². The van der Waals surface area contributed by atoms with Crippen LogP contribution in [0.2, 0.25) is 0 Å². The van der Waals surface area contributed by atoms with E-state index in [-0.39, 0.29) is 5.82 Å². The fraction of sp³-hybridized carbons (Fsp3) is 0.316. The Kier molecular flexibility index (Phi) is 6.91. The largest absolute Gasteiger partial charge is 0.373 e. The molecule has 1 atom stereocenters. The molecule has 124 valence electrons. The van der Waals surface area contributed by atoms with Gasteiger partial charge in [0.1, 0.15) is 12.0 Å². The van der Waals surface area contributed by atoms with Crippen molar-refractivity contribution in [3.63, 3.8) is 0 Å². The summed E-state index contributed by atoms with van der Waals surface area (Å²) in [6.07, 6.45) is 4.88. The van der Waals surface area contributed by atoms with Crippen LogP contribution in [0.5, 0.6) is 0 Å². The summed E-state index contributed by atoms with van der Waals surface area (Å²) in [6.45, 7) is 11.1. The lowest BCUT2D eigenvalue weighted by Crippen LogP contribution is -2.27. The zero-order chi connectivity index (χ0) is 17.6. The number of benzene rings is 1. The van der Waals surface area contributed by atoms with Gasteiger partial charge in [-0.25, -0.2) is 4.39 Å². The van der Waals surface area contributed by atoms with E-state index in [0.29, 0.717) is 29.0 Å². The van der Waals surface area contributed by atoms with Gasteiger partial charge in [-0.1, -0.05) is 24.8 Å². The van der Waals surface area contributed by atoms with Crippen molar-refractivity contribution in [2.75, 3.05) is 0 Å². The highest BCUT2D eigenvalue weighted by Crippen LogP contribution is 2.20. The first kappa shape index (κ1) is 18.8. The minimum Gasteiger partial charge on any atom is -0.373 e. The molecular weight excluding hydrogens is 291 g/mol. The third kappa shape index (κ3) is 5.83. The molecule has 0 saturated heterocycles. The van der Waals surface area contributed by atoms with Crippen molar-refractivity contribution in [2.24, 2.45) is 0 Å². The molecule has 0 heterocycles. The number of rotatable bonds is 7. The second kappa shape index (κ2) is 8.44. The Hall–Kier alpha value is -2.20. The lowest BCUT2D eigenvalue weighted by atomic mass is 10.0. The highest BCUT2D eigenvalue weighted by molar-refractivity contribution is 5.90. The van der Waals surface area contributed by atoms with Crippen LogP contribution in [-0.4, -0.2) is 17.0 Å². The maximum Gasteiger partial charge on any atom is 0.128 e. The van der Waals surface area contributed by atoms with Gasteiger partial charge in [-0.05, 0) is 56.5 Å². The number of aliphatic hydroxyl groups excluding tert-OH is 1. The topological polar surface area (TPSA) is 56.1 Å². The fourth-order valence-corrected chi connectivity index (χ4v) is 2.22. The standard InChI is InChI=1S/C19H25FN2O/c1-6-16(8-7-14(4)21)10-19(23)22-15(5)17-11-18(20)13(3)9-12(17)2/h6-9,11,19,21-23H,5,10H2,1-4H3/b8-7-,16-6+,21-14?. The lowest BCUT2D eigenvalue weighted by molar-refractivity contribution is 0.158. The molecule has 0 aliphatic rings. The summed E-state index contributed by atoms with van der Waals surface area (Å²) in [7, 11) is 0. The van der Waals surface area contributed by atoms with Gasteiger partial charge in [0.25, 0.3) is 0 Å². The first-order valence-electron chi connectivity index (χ1n) is 7.53. The van der Waals surface area contributed by atoms with Crippen molar-refractivity contribution in [3.05, 3.63) is 65.0 Å². The van der Waals surface area contributed by atoms with Crippen LogP contribution in [0.15, 0.2) is 42.5 Å². The molecule has 0 bridgehead atoms. The fourth-order valence-electron chi connectivity index (χ4n) is 2.22. The van der Waals surface area contributed by atoms with Crippen LogP contribution in [0.1, 0.15) is 37.0 Å². The summed E-state index contributed by atoms with van der Waals surface area (Å²) in [5.74, 6) is -0.290. The molecule has 3 nitrogen and oxygen atoms in total. The van der Waals surface area contributed by atoms with Gasteiger partial charge in [-0.2, -0.15) is 0 Å². The summed E-state index contributed by atoms with van der Waals surface area (Å²) in [5.41, 5.74) is 3.97. The molecule has 23 heavy (non-hydrogen) atoms. The third-order valence-electron chi connectivity index (χ3n) is 3.52. The predicted molar refractivity (Wildman–Crippen MR) is 95.0 cm³/mol. The Balaban J connectivity index is 2.77.